The van der Waals surface area contributed by atoms with Crippen LogP contribution < -0.4 is 10.5 Å². The smallest absolute Gasteiger partial charge is 0.161 e. The van der Waals surface area contributed by atoms with Crippen molar-refractivity contribution in [3.63, 3.8) is 0 Å². The zero-order valence-electron chi connectivity index (χ0n) is 12.2. The van der Waals surface area contributed by atoms with E-state index in [1.807, 2.05) is 16.4 Å². The number of rotatable bonds is 5. The molecule has 104 valence electrons. The number of hydrogen-bond donors (Lipinski definition) is 1. The summed E-state index contributed by atoms with van der Waals surface area (Å²) in [5.74, 6) is 1.64. The Morgan fingerprint density at radius 2 is 2.06 bits per heavy atom. The van der Waals surface area contributed by atoms with E-state index in [2.05, 4.69) is 39.7 Å². The zero-order valence-corrected chi connectivity index (χ0v) is 13.0. The van der Waals surface area contributed by atoms with Crippen molar-refractivity contribution in [3.05, 3.63) is 11.9 Å². The molecule has 0 radical (unpaired) electrons. The SMILES string of the molecule is COc1cnn(C(C)C)c1C(N)CSC(C)(C)C. The molecule has 1 aromatic rings. The van der Waals surface area contributed by atoms with Gasteiger partial charge in [0.1, 0.15) is 0 Å². The molecule has 1 rings (SSSR count). The van der Waals surface area contributed by atoms with Crippen LogP contribution in [-0.2, 0) is 0 Å². The number of nitrogens with zero attached hydrogens (tertiary/aromatic N) is 2. The Morgan fingerprint density at radius 1 is 1.44 bits per heavy atom. The van der Waals surface area contributed by atoms with Gasteiger partial charge in [0.25, 0.3) is 0 Å². The number of ether oxygens (including phenoxy) is 1. The van der Waals surface area contributed by atoms with Gasteiger partial charge in [0.05, 0.1) is 25.0 Å². The van der Waals surface area contributed by atoms with E-state index in [-0.39, 0.29) is 16.8 Å². The van der Waals surface area contributed by atoms with Gasteiger partial charge in [-0.2, -0.15) is 16.9 Å². The maximum Gasteiger partial charge on any atom is 0.161 e. The lowest BCUT2D eigenvalue weighted by atomic mass is 10.2. The minimum absolute atomic E-state index is 0.0610. The fraction of sp³-hybridized carbons (Fsp3) is 0.769. The summed E-state index contributed by atoms with van der Waals surface area (Å²) in [6, 6.07) is 0.226. The van der Waals surface area contributed by atoms with E-state index >= 15 is 0 Å². The van der Waals surface area contributed by atoms with Crippen molar-refractivity contribution in [2.75, 3.05) is 12.9 Å². The van der Waals surface area contributed by atoms with Gasteiger partial charge >= 0.3 is 0 Å². The Kier molecular flexibility index (Phi) is 5.10. The van der Waals surface area contributed by atoms with Crippen molar-refractivity contribution in [2.24, 2.45) is 5.73 Å². The third-order valence-corrected chi connectivity index (χ3v) is 3.95. The molecule has 4 nitrogen and oxygen atoms in total. The number of aromatic nitrogens is 2. The first kappa shape index (κ1) is 15.4. The van der Waals surface area contributed by atoms with E-state index in [1.165, 1.54) is 0 Å². The lowest BCUT2D eigenvalue weighted by Gasteiger charge is -2.22. The molecule has 0 bridgehead atoms. The molecular formula is C13H25N3OS. The molecule has 0 spiro atoms. The molecule has 2 N–H and O–H groups in total. The van der Waals surface area contributed by atoms with Crippen LogP contribution in [0.25, 0.3) is 0 Å². The Hall–Kier alpha value is -0.680. The molecule has 0 saturated heterocycles. The molecule has 1 aromatic heterocycles. The fourth-order valence-corrected chi connectivity index (χ4v) is 2.53. The van der Waals surface area contributed by atoms with E-state index in [0.29, 0.717) is 0 Å². The molecule has 1 unspecified atom stereocenters. The molecule has 0 amide bonds. The van der Waals surface area contributed by atoms with E-state index < -0.39 is 0 Å². The minimum atomic E-state index is -0.0610. The first-order chi connectivity index (χ1) is 8.26. The van der Waals surface area contributed by atoms with Crippen molar-refractivity contribution >= 4 is 11.8 Å². The highest BCUT2D eigenvalue weighted by molar-refractivity contribution is 8.00. The van der Waals surface area contributed by atoms with Crippen molar-refractivity contribution in [1.82, 2.24) is 9.78 Å². The summed E-state index contributed by atoms with van der Waals surface area (Å²) in [5.41, 5.74) is 7.29. The predicted molar refractivity (Wildman–Crippen MR) is 78.3 cm³/mol. The second-order valence-electron chi connectivity index (χ2n) is 5.67. The first-order valence-corrected chi connectivity index (χ1v) is 7.25. The largest absolute Gasteiger partial charge is 0.493 e. The fourth-order valence-electron chi connectivity index (χ4n) is 1.70. The summed E-state index contributed by atoms with van der Waals surface area (Å²) in [7, 11) is 1.66. The summed E-state index contributed by atoms with van der Waals surface area (Å²) < 4.78 is 7.52. The summed E-state index contributed by atoms with van der Waals surface area (Å²) in [6.07, 6.45) is 1.75. The Morgan fingerprint density at radius 3 is 2.50 bits per heavy atom. The van der Waals surface area contributed by atoms with Gasteiger partial charge in [-0.3, -0.25) is 4.68 Å². The highest BCUT2D eigenvalue weighted by Gasteiger charge is 2.22. The van der Waals surface area contributed by atoms with Crippen LogP contribution in [0.1, 0.15) is 52.4 Å². The maximum atomic E-state index is 6.30. The lowest BCUT2D eigenvalue weighted by Crippen LogP contribution is -2.22. The van der Waals surface area contributed by atoms with Crippen LogP contribution in [0.3, 0.4) is 0 Å². The van der Waals surface area contributed by atoms with Gasteiger partial charge in [0.2, 0.25) is 0 Å². The van der Waals surface area contributed by atoms with E-state index in [0.717, 1.165) is 17.2 Å². The van der Waals surface area contributed by atoms with Crippen molar-refractivity contribution in [1.29, 1.82) is 0 Å². The third kappa shape index (κ3) is 3.92. The van der Waals surface area contributed by atoms with Crippen LogP contribution >= 0.6 is 11.8 Å². The normalized spacial score (nSPS) is 14.0. The first-order valence-electron chi connectivity index (χ1n) is 6.27. The van der Waals surface area contributed by atoms with Crippen LogP contribution in [0.4, 0.5) is 0 Å². The third-order valence-electron chi connectivity index (χ3n) is 2.55. The van der Waals surface area contributed by atoms with Gasteiger partial charge in [-0.15, -0.1) is 0 Å². The Bertz CT molecular complexity index is 382. The molecule has 0 aliphatic carbocycles. The van der Waals surface area contributed by atoms with Gasteiger partial charge in [-0.25, -0.2) is 0 Å². The number of hydrogen-bond acceptors (Lipinski definition) is 4. The number of methoxy groups -OCH3 is 1. The predicted octanol–water partition coefficient (Wildman–Crippen LogP) is 3.00. The average Bonchev–Trinajstić information content (AvgIpc) is 2.68. The zero-order chi connectivity index (χ0) is 13.9. The summed E-state index contributed by atoms with van der Waals surface area (Å²) >= 11 is 1.86. The molecule has 18 heavy (non-hydrogen) atoms. The van der Waals surface area contributed by atoms with E-state index in [9.17, 15) is 0 Å². The van der Waals surface area contributed by atoms with Gasteiger partial charge in [0, 0.05) is 16.5 Å². The molecule has 1 heterocycles. The topological polar surface area (TPSA) is 53.1 Å². The number of thioether (sulfide) groups is 1. The van der Waals surface area contributed by atoms with E-state index in [4.69, 9.17) is 10.5 Å². The van der Waals surface area contributed by atoms with Crippen LogP contribution in [0.2, 0.25) is 0 Å². The van der Waals surface area contributed by atoms with Crippen LogP contribution in [-0.4, -0.2) is 27.4 Å². The number of nitrogens with two attached hydrogens (primary N) is 1. The van der Waals surface area contributed by atoms with Gasteiger partial charge in [0.15, 0.2) is 5.75 Å². The van der Waals surface area contributed by atoms with Crippen LogP contribution in [0.5, 0.6) is 5.75 Å². The van der Waals surface area contributed by atoms with Crippen molar-refractivity contribution < 1.29 is 4.74 Å². The lowest BCUT2D eigenvalue weighted by molar-refractivity contribution is 0.399. The van der Waals surface area contributed by atoms with Crippen molar-refractivity contribution in [2.45, 2.75) is 51.4 Å². The quantitative estimate of drug-likeness (QED) is 0.894. The van der Waals surface area contributed by atoms with Gasteiger partial charge in [-0.05, 0) is 13.8 Å². The highest BCUT2D eigenvalue weighted by atomic mass is 32.2. The molecular weight excluding hydrogens is 246 g/mol. The van der Waals surface area contributed by atoms with E-state index in [1.54, 1.807) is 13.3 Å². The molecule has 0 saturated carbocycles. The molecule has 0 aromatic carbocycles. The molecule has 0 aliphatic rings. The second kappa shape index (κ2) is 5.97. The Labute approximate surface area is 114 Å². The maximum absolute atomic E-state index is 6.30. The standard InChI is InChI=1S/C13H25N3OS/c1-9(2)16-12(11(17-6)7-15-16)10(14)8-18-13(3,4)5/h7,9-10H,8,14H2,1-6H3. The van der Waals surface area contributed by atoms with Crippen molar-refractivity contribution in [3.8, 4) is 5.75 Å². The van der Waals surface area contributed by atoms with Crippen LogP contribution in [0, 0.1) is 0 Å². The van der Waals surface area contributed by atoms with Crippen LogP contribution in [0.15, 0.2) is 6.20 Å². The Balaban J connectivity index is 2.89. The second-order valence-corrected chi connectivity index (χ2v) is 7.51. The van der Waals surface area contributed by atoms with Gasteiger partial charge < -0.3 is 10.5 Å². The highest BCUT2D eigenvalue weighted by Crippen LogP contribution is 2.32. The van der Waals surface area contributed by atoms with Gasteiger partial charge in [-0.1, -0.05) is 20.8 Å². The molecule has 0 fully saturated rings. The molecule has 1 atom stereocenters. The summed E-state index contributed by atoms with van der Waals surface area (Å²) in [6.45, 7) is 10.8. The monoisotopic (exact) mass is 271 g/mol. The minimum Gasteiger partial charge on any atom is -0.493 e. The average molecular weight is 271 g/mol. The molecule has 5 heteroatoms. The summed E-state index contributed by atoms with van der Waals surface area (Å²) in [5, 5.41) is 4.35. The molecule has 0 aliphatic heterocycles. The summed E-state index contributed by atoms with van der Waals surface area (Å²) in [4.78, 5) is 0.